The maximum atomic E-state index is 13.8. The number of halogens is 1. The molecule has 2 aromatic carbocycles. The number of nitrogens with one attached hydrogen (secondary N) is 1. The van der Waals surface area contributed by atoms with Crippen LogP contribution in [0.3, 0.4) is 0 Å². The average Bonchev–Trinajstić information content (AvgIpc) is 2.68. The Morgan fingerprint density at radius 2 is 2.00 bits per heavy atom. The number of para-hydroxylation sites is 1. The first-order chi connectivity index (χ1) is 13.5. The summed E-state index contributed by atoms with van der Waals surface area (Å²) in [7, 11) is 1.62. The third kappa shape index (κ3) is 4.69. The van der Waals surface area contributed by atoms with Crippen molar-refractivity contribution in [1.29, 1.82) is 0 Å². The zero-order valence-corrected chi connectivity index (χ0v) is 16.3. The summed E-state index contributed by atoms with van der Waals surface area (Å²) in [6.07, 6.45) is 0.0176. The lowest BCUT2D eigenvalue weighted by Crippen LogP contribution is -2.43. The van der Waals surface area contributed by atoms with Crippen molar-refractivity contribution in [2.45, 2.75) is 18.6 Å². The van der Waals surface area contributed by atoms with Crippen LogP contribution in [0.2, 0.25) is 0 Å². The molecule has 8 heteroatoms. The number of hydrogen-bond donors (Lipinski definition) is 1. The highest BCUT2D eigenvalue weighted by Gasteiger charge is 2.34. The van der Waals surface area contributed by atoms with E-state index in [2.05, 4.69) is 10.3 Å². The van der Waals surface area contributed by atoms with E-state index in [1.54, 1.807) is 43.4 Å². The Hall–Kier alpha value is -2.87. The first-order valence-corrected chi connectivity index (χ1v) is 9.66. The van der Waals surface area contributed by atoms with Crippen molar-refractivity contribution in [1.82, 2.24) is 4.90 Å². The minimum absolute atomic E-state index is 0.0176. The highest BCUT2D eigenvalue weighted by atomic mass is 32.2. The molecular formula is C20H20FN3O3S. The van der Waals surface area contributed by atoms with Gasteiger partial charge in [-0.25, -0.2) is 9.38 Å². The molecule has 1 heterocycles. The van der Waals surface area contributed by atoms with Gasteiger partial charge in [0.25, 0.3) is 0 Å². The molecule has 146 valence electrons. The third-order valence-corrected chi connectivity index (χ3v) is 5.31. The smallest absolute Gasteiger partial charge is 0.238 e. The van der Waals surface area contributed by atoms with Crippen LogP contribution >= 0.6 is 11.8 Å². The van der Waals surface area contributed by atoms with E-state index in [4.69, 9.17) is 4.74 Å². The standard InChI is InChI=1S/C20H20FN3O3S/c1-3-27-14-10-8-13(9-11-14)22-20-24(2)18(25)12-17(28-20)19(26)23-16-7-5-4-6-15(16)21/h4-11,17H,3,12H2,1-2H3,(H,23,26)/t17-/m0/s1. The van der Waals surface area contributed by atoms with E-state index in [0.717, 1.165) is 5.75 Å². The minimum Gasteiger partial charge on any atom is -0.494 e. The average molecular weight is 401 g/mol. The number of amides is 2. The predicted octanol–water partition coefficient (Wildman–Crippen LogP) is 3.81. The van der Waals surface area contributed by atoms with Gasteiger partial charge in [0.2, 0.25) is 11.8 Å². The molecule has 1 N–H and O–H groups in total. The quantitative estimate of drug-likeness (QED) is 0.827. The fraction of sp³-hybridized carbons (Fsp3) is 0.250. The van der Waals surface area contributed by atoms with Gasteiger partial charge < -0.3 is 10.1 Å². The number of rotatable bonds is 5. The first-order valence-electron chi connectivity index (χ1n) is 8.78. The van der Waals surface area contributed by atoms with Gasteiger partial charge in [-0.3, -0.25) is 14.5 Å². The van der Waals surface area contributed by atoms with Gasteiger partial charge in [0.15, 0.2) is 5.17 Å². The number of anilines is 1. The summed E-state index contributed by atoms with van der Waals surface area (Å²) in [5, 5.41) is 2.27. The van der Waals surface area contributed by atoms with Crippen molar-refractivity contribution < 1.29 is 18.7 Å². The van der Waals surface area contributed by atoms with E-state index < -0.39 is 17.0 Å². The van der Waals surface area contributed by atoms with Gasteiger partial charge >= 0.3 is 0 Å². The van der Waals surface area contributed by atoms with Crippen LogP contribution in [0.15, 0.2) is 53.5 Å². The number of aliphatic imine (C=N–C) groups is 1. The molecule has 3 rings (SSSR count). The minimum atomic E-state index is -0.690. The summed E-state index contributed by atoms with van der Waals surface area (Å²) in [5.74, 6) is -0.453. The van der Waals surface area contributed by atoms with E-state index in [9.17, 15) is 14.0 Å². The molecule has 0 spiro atoms. The van der Waals surface area contributed by atoms with Crippen LogP contribution in [0.25, 0.3) is 0 Å². The van der Waals surface area contributed by atoms with Crippen molar-refractivity contribution in [3.63, 3.8) is 0 Å². The van der Waals surface area contributed by atoms with Crippen LogP contribution in [0.4, 0.5) is 15.8 Å². The molecule has 0 aliphatic carbocycles. The van der Waals surface area contributed by atoms with E-state index in [-0.39, 0.29) is 18.0 Å². The van der Waals surface area contributed by atoms with Crippen LogP contribution in [-0.4, -0.2) is 40.8 Å². The second-order valence-electron chi connectivity index (χ2n) is 6.05. The molecule has 1 saturated heterocycles. The van der Waals surface area contributed by atoms with Crippen molar-refractivity contribution in [2.24, 2.45) is 4.99 Å². The summed E-state index contributed by atoms with van der Waals surface area (Å²) < 4.78 is 19.2. The molecule has 1 aliphatic rings. The monoisotopic (exact) mass is 401 g/mol. The summed E-state index contributed by atoms with van der Waals surface area (Å²) in [5.41, 5.74) is 0.727. The Balaban J connectivity index is 1.76. The molecule has 0 bridgehead atoms. The van der Waals surface area contributed by atoms with Crippen molar-refractivity contribution in [3.05, 3.63) is 54.3 Å². The van der Waals surface area contributed by atoms with Gasteiger partial charge in [-0.05, 0) is 43.3 Å². The van der Waals surface area contributed by atoms with E-state index in [0.29, 0.717) is 17.5 Å². The molecule has 6 nitrogen and oxygen atoms in total. The van der Waals surface area contributed by atoms with E-state index in [1.165, 1.54) is 28.8 Å². The Kier molecular flexibility index (Phi) is 6.30. The lowest BCUT2D eigenvalue weighted by atomic mass is 10.2. The molecule has 0 unspecified atom stereocenters. The van der Waals surface area contributed by atoms with Crippen molar-refractivity contribution in [2.75, 3.05) is 19.0 Å². The largest absolute Gasteiger partial charge is 0.494 e. The second kappa shape index (κ2) is 8.88. The van der Waals surface area contributed by atoms with E-state index in [1.807, 2.05) is 6.92 Å². The van der Waals surface area contributed by atoms with Gasteiger partial charge in [0.05, 0.1) is 18.0 Å². The molecule has 2 amide bonds. The number of benzene rings is 2. The molecule has 0 aromatic heterocycles. The lowest BCUT2D eigenvalue weighted by molar-refractivity contribution is -0.128. The molecule has 1 fully saturated rings. The van der Waals surface area contributed by atoms with E-state index >= 15 is 0 Å². The van der Waals surface area contributed by atoms with Gasteiger partial charge in [0, 0.05) is 13.5 Å². The number of amidine groups is 1. The fourth-order valence-corrected chi connectivity index (χ4v) is 3.63. The SMILES string of the molecule is CCOc1ccc(N=C2S[C@H](C(=O)Nc3ccccc3F)CC(=O)N2C)cc1. The van der Waals surface area contributed by atoms with Crippen LogP contribution in [0.5, 0.6) is 5.75 Å². The Labute approximate surface area is 166 Å². The fourth-order valence-electron chi connectivity index (χ4n) is 2.57. The lowest BCUT2D eigenvalue weighted by Gasteiger charge is -2.28. The van der Waals surface area contributed by atoms with Crippen molar-refractivity contribution >= 4 is 40.1 Å². The summed E-state index contributed by atoms with van der Waals surface area (Å²) in [4.78, 5) is 30.8. The number of hydrogen-bond acceptors (Lipinski definition) is 5. The molecular weight excluding hydrogens is 381 g/mol. The van der Waals surface area contributed by atoms with Crippen LogP contribution in [0.1, 0.15) is 13.3 Å². The summed E-state index contributed by atoms with van der Waals surface area (Å²) in [6.45, 7) is 2.47. The Morgan fingerprint density at radius 3 is 2.68 bits per heavy atom. The Bertz CT molecular complexity index is 902. The Morgan fingerprint density at radius 1 is 1.29 bits per heavy atom. The molecule has 0 radical (unpaired) electrons. The zero-order chi connectivity index (χ0) is 20.1. The first kappa shape index (κ1) is 19.9. The summed E-state index contributed by atoms with van der Waals surface area (Å²) >= 11 is 1.18. The maximum absolute atomic E-state index is 13.8. The van der Waals surface area contributed by atoms with Gasteiger partial charge in [-0.15, -0.1) is 0 Å². The second-order valence-corrected chi connectivity index (χ2v) is 7.22. The molecule has 1 atom stereocenters. The number of nitrogens with zero attached hydrogens (tertiary/aromatic N) is 2. The van der Waals surface area contributed by atoms with Gasteiger partial charge in [0.1, 0.15) is 16.8 Å². The third-order valence-electron chi connectivity index (χ3n) is 4.07. The molecule has 1 aliphatic heterocycles. The number of thioether (sulfide) groups is 1. The topological polar surface area (TPSA) is 71.0 Å². The number of carbonyl (C=O) groups is 2. The predicted molar refractivity (Wildman–Crippen MR) is 109 cm³/mol. The van der Waals surface area contributed by atoms with Gasteiger partial charge in [-0.1, -0.05) is 23.9 Å². The van der Waals surface area contributed by atoms with Crippen molar-refractivity contribution in [3.8, 4) is 5.75 Å². The highest BCUT2D eigenvalue weighted by Crippen LogP contribution is 2.29. The summed E-state index contributed by atoms with van der Waals surface area (Å²) in [6, 6.07) is 13.1. The maximum Gasteiger partial charge on any atom is 0.238 e. The highest BCUT2D eigenvalue weighted by molar-refractivity contribution is 8.15. The van der Waals surface area contributed by atoms with Crippen LogP contribution in [0, 0.1) is 5.82 Å². The number of carbonyl (C=O) groups excluding carboxylic acids is 2. The zero-order valence-electron chi connectivity index (χ0n) is 15.5. The normalized spacial score (nSPS) is 18.2. The molecule has 0 saturated carbocycles. The number of ether oxygens (including phenoxy) is 1. The molecule has 28 heavy (non-hydrogen) atoms. The molecule has 2 aromatic rings. The van der Waals surface area contributed by atoms with Crippen LogP contribution in [-0.2, 0) is 9.59 Å². The van der Waals surface area contributed by atoms with Crippen LogP contribution < -0.4 is 10.1 Å². The van der Waals surface area contributed by atoms with Gasteiger partial charge in [-0.2, -0.15) is 0 Å².